The van der Waals surface area contributed by atoms with Crippen molar-refractivity contribution in [3.8, 4) is 17.1 Å². The molecule has 0 aliphatic carbocycles. The van der Waals surface area contributed by atoms with Gasteiger partial charge >= 0.3 is 0 Å². The molecule has 1 aliphatic rings. The van der Waals surface area contributed by atoms with Crippen molar-refractivity contribution < 1.29 is 14.1 Å². The van der Waals surface area contributed by atoms with E-state index in [1.54, 1.807) is 34.1 Å². The first kappa shape index (κ1) is 18.0. The first-order valence-electron chi connectivity index (χ1n) is 9.51. The van der Waals surface area contributed by atoms with E-state index in [1.807, 2.05) is 42.6 Å². The molecule has 0 spiro atoms. The lowest BCUT2D eigenvalue weighted by Gasteiger charge is -2.38. The third kappa shape index (κ3) is 3.64. The normalized spacial score (nSPS) is 13.8. The summed E-state index contributed by atoms with van der Waals surface area (Å²) in [7, 11) is 0. The quantitative estimate of drug-likeness (QED) is 0.489. The Morgan fingerprint density at radius 2 is 2.03 bits per heavy atom. The van der Waals surface area contributed by atoms with Crippen molar-refractivity contribution in [2.24, 2.45) is 0 Å². The van der Waals surface area contributed by atoms with E-state index in [2.05, 4.69) is 20.5 Å². The van der Waals surface area contributed by atoms with E-state index in [9.17, 15) is 4.79 Å². The Balaban J connectivity index is 1.16. The summed E-state index contributed by atoms with van der Waals surface area (Å²) in [6.07, 6.45) is 5.19. The highest BCUT2D eigenvalue weighted by Gasteiger charge is 2.34. The standard InChI is InChI=1S/C21H18N6O3/c28-21(19-9-20(30-24-19)15-5-4-8-22-10-15)26-12-17(13-26)27-11-16(23-25-27)14-29-18-6-2-1-3-7-18/h1-11,17H,12-14H2. The Morgan fingerprint density at radius 1 is 1.17 bits per heavy atom. The molecule has 0 unspecified atom stereocenters. The molecule has 1 saturated heterocycles. The van der Waals surface area contributed by atoms with E-state index in [-0.39, 0.29) is 17.6 Å². The fourth-order valence-electron chi connectivity index (χ4n) is 3.20. The molecule has 9 nitrogen and oxygen atoms in total. The van der Waals surface area contributed by atoms with E-state index in [4.69, 9.17) is 9.26 Å². The summed E-state index contributed by atoms with van der Waals surface area (Å²) < 4.78 is 12.8. The van der Waals surface area contributed by atoms with Gasteiger partial charge in [0.25, 0.3) is 5.91 Å². The number of carbonyl (C=O) groups excluding carboxylic acids is 1. The molecule has 0 atom stereocenters. The zero-order chi connectivity index (χ0) is 20.3. The average molecular weight is 402 g/mol. The van der Waals surface area contributed by atoms with Crippen LogP contribution in [0.3, 0.4) is 0 Å². The number of benzene rings is 1. The molecule has 1 fully saturated rings. The van der Waals surface area contributed by atoms with Gasteiger partial charge in [0.2, 0.25) is 0 Å². The Kier molecular flexibility index (Phi) is 4.68. The monoisotopic (exact) mass is 402 g/mol. The van der Waals surface area contributed by atoms with Crippen LogP contribution in [0.1, 0.15) is 22.2 Å². The number of ether oxygens (including phenoxy) is 1. The lowest BCUT2D eigenvalue weighted by molar-refractivity contribution is 0.0488. The second-order valence-electron chi connectivity index (χ2n) is 6.97. The van der Waals surface area contributed by atoms with Crippen LogP contribution < -0.4 is 4.74 Å². The fraction of sp³-hybridized carbons (Fsp3) is 0.190. The van der Waals surface area contributed by atoms with Crippen molar-refractivity contribution in [2.75, 3.05) is 13.1 Å². The van der Waals surface area contributed by atoms with E-state index in [0.29, 0.717) is 25.5 Å². The number of hydrogen-bond acceptors (Lipinski definition) is 7. The van der Waals surface area contributed by atoms with Gasteiger partial charge in [-0.1, -0.05) is 28.6 Å². The highest BCUT2D eigenvalue weighted by atomic mass is 16.5. The van der Waals surface area contributed by atoms with Gasteiger partial charge in [0.05, 0.1) is 12.2 Å². The smallest absolute Gasteiger partial charge is 0.276 e. The summed E-state index contributed by atoms with van der Waals surface area (Å²) in [6, 6.07) is 14.9. The summed E-state index contributed by atoms with van der Waals surface area (Å²) >= 11 is 0. The van der Waals surface area contributed by atoms with Crippen LogP contribution in [0.5, 0.6) is 5.75 Å². The maximum atomic E-state index is 12.6. The molecule has 4 aromatic rings. The Bertz CT molecular complexity index is 1140. The first-order chi connectivity index (χ1) is 14.8. The molecular weight excluding hydrogens is 384 g/mol. The molecule has 0 bridgehead atoms. The van der Waals surface area contributed by atoms with Crippen molar-refractivity contribution >= 4 is 5.91 Å². The minimum Gasteiger partial charge on any atom is -0.487 e. The summed E-state index contributed by atoms with van der Waals surface area (Å²) in [5.41, 5.74) is 1.79. The maximum absolute atomic E-state index is 12.6. The predicted molar refractivity (Wildman–Crippen MR) is 105 cm³/mol. The average Bonchev–Trinajstić information content (AvgIpc) is 3.43. The number of likely N-dealkylation sites (tertiary alicyclic amines) is 1. The van der Waals surface area contributed by atoms with Crippen LogP contribution in [0, 0.1) is 0 Å². The van der Waals surface area contributed by atoms with Crippen molar-refractivity contribution in [1.82, 2.24) is 30.0 Å². The third-order valence-electron chi connectivity index (χ3n) is 4.89. The van der Waals surface area contributed by atoms with Crippen LogP contribution in [-0.4, -0.2) is 49.0 Å². The van der Waals surface area contributed by atoms with Gasteiger partial charge in [0.1, 0.15) is 18.1 Å². The summed E-state index contributed by atoms with van der Waals surface area (Å²) in [5.74, 6) is 1.13. The van der Waals surface area contributed by atoms with Gasteiger partial charge in [0.15, 0.2) is 11.5 Å². The van der Waals surface area contributed by atoms with E-state index >= 15 is 0 Å². The molecule has 0 N–H and O–H groups in total. The van der Waals surface area contributed by atoms with Crippen LogP contribution in [0.2, 0.25) is 0 Å². The summed E-state index contributed by atoms with van der Waals surface area (Å²) in [6.45, 7) is 1.42. The lowest BCUT2D eigenvalue weighted by Crippen LogP contribution is -2.51. The third-order valence-corrected chi connectivity index (χ3v) is 4.89. The molecule has 1 amide bonds. The zero-order valence-corrected chi connectivity index (χ0v) is 16.0. The predicted octanol–water partition coefficient (Wildman–Crippen LogP) is 2.60. The van der Waals surface area contributed by atoms with Gasteiger partial charge in [-0.3, -0.25) is 9.78 Å². The molecule has 3 aromatic heterocycles. The van der Waals surface area contributed by atoms with Crippen LogP contribution in [0.4, 0.5) is 0 Å². The number of hydrogen-bond donors (Lipinski definition) is 0. The SMILES string of the molecule is O=C(c1cc(-c2cccnc2)on1)N1CC(n2cc(COc3ccccc3)nn2)C1. The van der Waals surface area contributed by atoms with Gasteiger partial charge < -0.3 is 14.2 Å². The summed E-state index contributed by atoms with van der Waals surface area (Å²) in [4.78, 5) is 18.4. The lowest BCUT2D eigenvalue weighted by atomic mass is 10.1. The first-order valence-corrected chi connectivity index (χ1v) is 9.51. The number of rotatable bonds is 6. The van der Waals surface area contributed by atoms with E-state index in [1.165, 1.54) is 0 Å². The molecule has 0 radical (unpaired) electrons. The number of aromatic nitrogens is 5. The number of pyridine rings is 1. The van der Waals surface area contributed by atoms with Crippen LogP contribution in [0.25, 0.3) is 11.3 Å². The van der Waals surface area contributed by atoms with Crippen molar-refractivity contribution in [3.05, 3.63) is 78.5 Å². The maximum Gasteiger partial charge on any atom is 0.276 e. The highest BCUT2D eigenvalue weighted by Crippen LogP contribution is 2.25. The molecule has 150 valence electrons. The number of carbonyl (C=O) groups is 1. The zero-order valence-electron chi connectivity index (χ0n) is 16.0. The minimum absolute atomic E-state index is 0.0802. The van der Waals surface area contributed by atoms with E-state index < -0.39 is 0 Å². The van der Waals surface area contributed by atoms with Gasteiger partial charge in [0, 0.05) is 37.1 Å². The van der Waals surface area contributed by atoms with Crippen LogP contribution in [0.15, 0.2) is 71.6 Å². The van der Waals surface area contributed by atoms with Crippen LogP contribution in [-0.2, 0) is 6.61 Å². The molecule has 4 heterocycles. The van der Waals surface area contributed by atoms with Crippen molar-refractivity contribution in [3.63, 3.8) is 0 Å². The topological polar surface area (TPSA) is 99.2 Å². The van der Waals surface area contributed by atoms with E-state index in [0.717, 1.165) is 17.0 Å². The molecular formula is C21H18N6O3. The number of nitrogens with zero attached hydrogens (tertiary/aromatic N) is 6. The van der Waals surface area contributed by atoms with Crippen molar-refractivity contribution in [1.29, 1.82) is 0 Å². The van der Waals surface area contributed by atoms with Gasteiger partial charge in [-0.2, -0.15) is 0 Å². The molecule has 1 aliphatic heterocycles. The Labute approximate surface area is 171 Å². The van der Waals surface area contributed by atoms with Gasteiger partial charge in [-0.05, 0) is 24.3 Å². The fourth-order valence-corrected chi connectivity index (χ4v) is 3.20. The second kappa shape index (κ2) is 7.78. The molecule has 0 saturated carbocycles. The van der Waals surface area contributed by atoms with Gasteiger partial charge in [-0.25, -0.2) is 4.68 Å². The Hall–Kier alpha value is -4.01. The van der Waals surface area contributed by atoms with Gasteiger partial charge in [-0.15, -0.1) is 5.10 Å². The molecule has 5 rings (SSSR count). The molecule has 9 heteroatoms. The van der Waals surface area contributed by atoms with Crippen molar-refractivity contribution in [2.45, 2.75) is 12.6 Å². The minimum atomic E-state index is -0.169. The molecule has 1 aromatic carbocycles. The summed E-state index contributed by atoms with van der Waals surface area (Å²) in [5, 5.41) is 12.2. The second-order valence-corrected chi connectivity index (χ2v) is 6.97. The molecule has 30 heavy (non-hydrogen) atoms. The number of amides is 1. The van der Waals surface area contributed by atoms with Crippen LogP contribution >= 0.6 is 0 Å². The number of para-hydroxylation sites is 1. The highest BCUT2D eigenvalue weighted by molar-refractivity contribution is 5.93. The Morgan fingerprint density at radius 3 is 2.83 bits per heavy atom. The largest absolute Gasteiger partial charge is 0.487 e.